The zero-order valence-corrected chi connectivity index (χ0v) is 11.3. The molecule has 6 nitrogen and oxygen atoms in total. The minimum absolute atomic E-state index is 0.00676. The Balaban J connectivity index is 3.28. The van der Waals surface area contributed by atoms with E-state index in [0.717, 1.165) is 6.07 Å². The van der Waals surface area contributed by atoms with Crippen LogP contribution in [0.4, 0.5) is 14.5 Å². The Labute approximate surface area is 115 Å². The lowest BCUT2D eigenvalue weighted by molar-refractivity contribution is -0.387. The zero-order valence-electron chi connectivity index (χ0n) is 9.73. The van der Waals surface area contributed by atoms with Crippen LogP contribution in [-0.2, 0) is 16.0 Å². The fourth-order valence-electron chi connectivity index (χ4n) is 1.44. The summed E-state index contributed by atoms with van der Waals surface area (Å²) < 4.78 is 30.1. The Hall–Kier alpha value is -1.64. The minimum Gasteiger partial charge on any atom is -0.466 e. The van der Waals surface area contributed by atoms with Gasteiger partial charge in [-0.05, 0) is 28.9 Å². The molecule has 0 spiro atoms. The number of pyridine rings is 1. The first kappa shape index (κ1) is 15.4. The van der Waals surface area contributed by atoms with Crippen LogP contribution in [0.2, 0.25) is 0 Å². The van der Waals surface area contributed by atoms with Crippen LogP contribution in [0, 0.1) is 10.1 Å². The molecule has 0 aliphatic rings. The average Bonchev–Trinajstić information content (AvgIpc) is 2.27. The molecular formula is C10H9BrF2N2O4. The Morgan fingerprint density at radius 3 is 2.74 bits per heavy atom. The largest absolute Gasteiger partial charge is 0.466 e. The number of carbonyl (C=O) groups excluding carboxylic acids is 1. The molecule has 0 aromatic carbocycles. The number of nitrogens with zero attached hydrogens (tertiary/aromatic N) is 2. The van der Waals surface area contributed by atoms with Crippen LogP contribution in [0.5, 0.6) is 0 Å². The van der Waals surface area contributed by atoms with Crippen LogP contribution < -0.4 is 0 Å². The van der Waals surface area contributed by atoms with Gasteiger partial charge in [0.25, 0.3) is 12.1 Å². The molecule has 0 saturated carbocycles. The summed E-state index contributed by atoms with van der Waals surface area (Å²) in [5.41, 5.74) is -1.99. The lowest BCUT2D eigenvalue weighted by atomic mass is 10.1. The number of esters is 1. The maximum atomic E-state index is 12.7. The maximum absolute atomic E-state index is 12.7. The van der Waals surface area contributed by atoms with Gasteiger partial charge in [-0.2, -0.15) is 0 Å². The first-order chi connectivity index (χ1) is 8.86. The SMILES string of the molecule is CCOC(=O)Cc1cc(Br)nc(C(F)F)c1[N+](=O)[O-]. The Bertz CT molecular complexity index is 511. The molecule has 0 atom stereocenters. The van der Waals surface area contributed by atoms with Gasteiger partial charge in [0.05, 0.1) is 18.0 Å². The molecule has 0 amide bonds. The lowest BCUT2D eigenvalue weighted by Gasteiger charge is -2.07. The van der Waals surface area contributed by atoms with Gasteiger partial charge >= 0.3 is 5.97 Å². The van der Waals surface area contributed by atoms with Crippen LogP contribution in [-0.4, -0.2) is 22.5 Å². The molecule has 104 valence electrons. The molecule has 0 aliphatic heterocycles. The molecular weight excluding hydrogens is 330 g/mol. The van der Waals surface area contributed by atoms with Crippen molar-refractivity contribution < 1.29 is 23.2 Å². The van der Waals surface area contributed by atoms with Crippen molar-refractivity contribution in [2.75, 3.05) is 6.61 Å². The fourth-order valence-corrected chi connectivity index (χ4v) is 1.91. The van der Waals surface area contributed by atoms with E-state index in [1.54, 1.807) is 6.92 Å². The summed E-state index contributed by atoms with van der Waals surface area (Å²) in [4.78, 5) is 24.6. The van der Waals surface area contributed by atoms with Crippen molar-refractivity contribution in [3.63, 3.8) is 0 Å². The van der Waals surface area contributed by atoms with E-state index in [9.17, 15) is 23.7 Å². The molecule has 1 heterocycles. The molecule has 1 rings (SSSR count). The summed E-state index contributed by atoms with van der Waals surface area (Å²) in [6.07, 6.45) is -3.58. The Morgan fingerprint density at radius 2 is 2.26 bits per heavy atom. The predicted molar refractivity (Wildman–Crippen MR) is 63.9 cm³/mol. The number of hydrogen-bond acceptors (Lipinski definition) is 5. The molecule has 0 N–H and O–H groups in total. The number of carbonyl (C=O) groups is 1. The highest BCUT2D eigenvalue weighted by atomic mass is 79.9. The van der Waals surface area contributed by atoms with E-state index in [4.69, 9.17) is 0 Å². The summed E-state index contributed by atoms with van der Waals surface area (Å²) in [5.74, 6) is -0.732. The summed E-state index contributed by atoms with van der Waals surface area (Å²) in [6.45, 7) is 1.67. The van der Waals surface area contributed by atoms with Crippen LogP contribution in [0.3, 0.4) is 0 Å². The number of rotatable bonds is 5. The van der Waals surface area contributed by atoms with Gasteiger partial charge in [0.1, 0.15) is 4.60 Å². The van der Waals surface area contributed by atoms with Crippen LogP contribution >= 0.6 is 15.9 Å². The first-order valence-electron chi connectivity index (χ1n) is 5.14. The molecule has 0 saturated heterocycles. The Kier molecular flexibility index (Phi) is 5.28. The second-order valence-corrected chi connectivity index (χ2v) is 4.19. The second-order valence-electron chi connectivity index (χ2n) is 3.38. The van der Waals surface area contributed by atoms with E-state index >= 15 is 0 Å². The van der Waals surface area contributed by atoms with E-state index in [1.807, 2.05) is 0 Å². The van der Waals surface area contributed by atoms with Crippen LogP contribution in [0.1, 0.15) is 24.6 Å². The lowest BCUT2D eigenvalue weighted by Crippen LogP contribution is -2.11. The van der Waals surface area contributed by atoms with Gasteiger partial charge in [-0.15, -0.1) is 0 Å². The highest BCUT2D eigenvalue weighted by Gasteiger charge is 2.29. The van der Waals surface area contributed by atoms with Gasteiger partial charge in [-0.1, -0.05) is 0 Å². The van der Waals surface area contributed by atoms with E-state index < -0.39 is 35.1 Å². The van der Waals surface area contributed by atoms with Crippen LogP contribution in [0.25, 0.3) is 0 Å². The van der Waals surface area contributed by atoms with E-state index in [-0.39, 0.29) is 16.8 Å². The third kappa shape index (κ3) is 3.91. The summed E-state index contributed by atoms with van der Waals surface area (Å²) in [7, 11) is 0. The van der Waals surface area contributed by atoms with Crippen molar-refractivity contribution in [3.8, 4) is 0 Å². The number of hydrogen-bond donors (Lipinski definition) is 0. The van der Waals surface area contributed by atoms with Crippen molar-refractivity contribution in [1.82, 2.24) is 4.98 Å². The molecule has 19 heavy (non-hydrogen) atoms. The van der Waals surface area contributed by atoms with Gasteiger partial charge in [0.2, 0.25) is 0 Å². The highest BCUT2D eigenvalue weighted by molar-refractivity contribution is 9.10. The smallest absolute Gasteiger partial charge is 0.310 e. The number of ether oxygens (including phenoxy) is 1. The second kappa shape index (κ2) is 6.50. The van der Waals surface area contributed by atoms with Crippen LogP contribution in [0.15, 0.2) is 10.7 Å². The monoisotopic (exact) mass is 338 g/mol. The van der Waals surface area contributed by atoms with E-state index in [2.05, 4.69) is 25.7 Å². The van der Waals surface area contributed by atoms with Crippen molar-refractivity contribution in [2.24, 2.45) is 0 Å². The molecule has 0 radical (unpaired) electrons. The maximum Gasteiger partial charge on any atom is 0.310 e. The molecule has 1 aromatic rings. The van der Waals surface area contributed by atoms with Gasteiger partial charge in [0.15, 0.2) is 5.69 Å². The molecule has 0 unspecified atom stereocenters. The predicted octanol–water partition coefficient (Wildman–Crippen LogP) is 2.80. The van der Waals surface area contributed by atoms with Gasteiger partial charge < -0.3 is 4.74 Å². The number of aromatic nitrogens is 1. The normalized spacial score (nSPS) is 10.6. The molecule has 1 aromatic heterocycles. The topological polar surface area (TPSA) is 82.3 Å². The van der Waals surface area contributed by atoms with Crippen molar-refractivity contribution >= 4 is 27.6 Å². The molecule has 0 fully saturated rings. The third-order valence-corrected chi connectivity index (χ3v) is 2.50. The molecule has 0 aliphatic carbocycles. The third-order valence-electron chi connectivity index (χ3n) is 2.10. The van der Waals surface area contributed by atoms with E-state index in [1.165, 1.54) is 0 Å². The summed E-state index contributed by atoms with van der Waals surface area (Å²) in [6, 6.07) is 1.15. The standard InChI is InChI=1S/C10H9BrF2N2O4/c1-2-19-7(16)4-5-3-6(11)14-8(10(12)13)9(5)15(17)18/h3,10H,2,4H2,1H3. The summed E-state index contributed by atoms with van der Waals surface area (Å²) in [5, 5.41) is 10.9. The van der Waals surface area contributed by atoms with Crippen molar-refractivity contribution in [3.05, 3.63) is 32.0 Å². The summed E-state index contributed by atoms with van der Waals surface area (Å²) >= 11 is 2.87. The molecule has 0 bridgehead atoms. The Morgan fingerprint density at radius 1 is 1.63 bits per heavy atom. The average molecular weight is 339 g/mol. The number of nitro groups is 1. The van der Waals surface area contributed by atoms with Crippen molar-refractivity contribution in [2.45, 2.75) is 19.8 Å². The quantitative estimate of drug-likeness (QED) is 0.357. The fraction of sp³-hybridized carbons (Fsp3) is 0.400. The van der Waals surface area contributed by atoms with Gasteiger partial charge in [-0.3, -0.25) is 14.9 Å². The number of halogens is 3. The minimum atomic E-state index is -3.11. The first-order valence-corrected chi connectivity index (χ1v) is 5.93. The zero-order chi connectivity index (χ0) is 14.6. The van der Waals surface area contributed by atoms with E-state index in [0.29, 0.717) is 0 Å². The van der Waals surface area contributed by atoms with Crippen molar-refractivity contribution in [1.29, 1.82) is 0 Å². The van der Waals surface area contributed by atoms with Gasteiger partial charge in [-0.25, -0.2) is 13.8 Å². The number of alkyl halides is 2. The molecule has 9 heteroatoms. The van der Waals surface area contributed by atoms with Gasteiger partial charge in [0, 0.05) is 5.56 Å². The highest BCUT2D eigenvalue weighted by Crippen LogP contribution is 2.32.